The largest absolute Gasteiger partial charge is 0.326 e. The van der Waals surface area contributed by atoms with Gasteiger partial charge in [-0.15, -0.1) is 0 Å². The maximum absolute atomic E-state index is 12.1. The van der Waals surface area contributed by atoms with Gasteiger partial charge in [0.05, 0.1) is 5.25 Å². The van der Waals surface area contributed by atoms with Gasteiger partial charge in [-0.1, -0.05) is 30.9 Å². The molecule has 1 aliphatic heterocycles. The first-order valence-electron chi connectivity index (χ1n) is 8.10. The smallest absolute Gasteiger partial charge is 0.241 e. The summed E-state index contributed by atoms with van der Waals surface area (Å²) < 4.78 is 0.603. The number of carbonyl (C=O) groups is 3. The van der Waals surface area contributed by atoms with Crippen LogP contribution in [0.15, 0.2) is 24.3 Å². The molecule has 6 nitrogen and oxygen atoms in total. The maximum atomic E-state index is 12.1. The van der Waals surface area contributed by atoms with Crippen molar-refractivity contribution in [3.05, 3.63) is 24.3 Å². The molecule has 0 bridgehead atoms. The molecule has 1 aliphatic rings. The van der Waals surface area contributed by atoms with Gasteiger partial charge in [-0.3, -0.25) is 19.3 Å². The van der Waals surface area contributed by atoms with Crippen molar-refractivity contribution in [3.63, 3.8) is 0 Å². The van der Waals surface area contributed by atoms with E-state index < -0.39 is 0 Å². The molecule has 0 aromatic heterocycles. The van der Waals surface area contributed by atoms with Crippen molar-refractivity contribution >= 4 is 57.4 Å². The first-order chi connectivity index (χ1) is 11.9. The van der Waals surface area contributed by atoms with E-state index in [0.717, 1.165) is 6.42 Å². The van der Waals surface area contributed by atoms with E-state index in [1.807, 2.05) is 6.92 Å². The number of thioether (sulfide) groups is 1. The number of benzene rings is 1. The molecule has 1 unspecified atom stereocenters. The Morgan fingerprint density at radius 2 is 1.80 bits per heavy atom. The second kappa shape index (κ2) is 8.96. The predicted molar refractivity (Wildman–Crippen MR) is 105 cm³/mol. The minimum absolute atomic E-state index is 0.0477. The third-order valence-electron chi connectivity index (χ3n) is 3.65. The quantitative estimate of drug-likeness (QED) is 0.712. The molecule has 1 heterocycles. The number of anilines is 2. The zero-order valence-corrected chi connectivity index (χ0v) is 15.8. The number of thiocarbonyl (C=S) groups is 1. The second-order valence-electron chi connectivity index (χ2n) is 5.68. The van der Waals surface area contributed by atoms with Gasteiger partial charge in [0, 0.05) is 31.3 Å². The van der Waals surface area contributed by atoms with Gasteiger partial charge in [0.2, 0.25) is 17.7 Å². The van der Waals surface area contributed by atoms with E-state index in [1.54, 1.807) is 29.2 Å². The number of nitrogens with zero attached hydrogens (tertiary/aromatic N) is 1. The van der Waals surface area contributed by atoms with Crippen LogP contribution in [0.25, 0.3) is 0 Å². The number of amides is 3. The van der Waals surface area contributed by atoms with Crippen LogP contribution < -0.4 is 10.6 Å². The van der Waals surface area contributed by atoms with Gasteiger partial charge in [0.15, 0.2) is 0 Å². The molecule has 0 spiro atoms. The van der Waals surface area contributed by atoms with Gasteiger partial charge in [0.1, 0.15) is 4.32 Å². The molecular weight excluding hydrogens is 358 g/mol. The average Bonchev–Trinajstić information content (AvgIpc) is 2.83. The molecule has 25 heavy (non-hydrogen) atoms. The third-order valence-corrected chi connectivity index (χ3v) is 5.40. The van der Waals surface area contributed by atoms with Crippen LogP contribution in [-0.2, 0) is 14.4 Å². The molecule has 134 valence electrons. The Balaban J connectivity index is 1.76. The van der Waals surface area contributed by atoms with Crippen LogP contribution in [0.2, 0.25) is 0 Å². The Labute approximate surface area is 156 Å². The predicted octanol–water partition coefficient (Wildman–Crippen LogP) is 3.00. The monoisotopic (exact) mass is 379 g/mol. The van der Waals surface area contributed by atoms with E-state index in [2.05, 4.69) is 10.6 Å². The molecule has 8 heteroatoms. The van der Waals surface area contributed by atoms with Crippen molar-refractivity contribution in [3.8, 4) is 0 Å². The SMILES string of the molecule is CCC1SC(=S)N(CCCC(=O)Nc2ccc(NC(C)=O)cc2)C1=O. The van der Waals surface area contributed by atoms with Crippen molar-refractivity contribution < 1.29 is 14.4 Å². The summed E-state index contributed by atoms with van der Waals surface area (Å²) in [6.45, 7) is 3.87. The molecule has 1 saturated heterocycles. The molecule has 0 radical (unpaired) electrons. The van der Waals surface area contributed by atoms with Crippen molar-refractivity contribution in [1.82, 2.24) is 4.90 Å². The summed E-state index contributed by atoms with van der Waals surface area (Å²) in [5, 5.41) is 5.38. The van der Waals surface area contributed by atoms with Crippen molar-refractivity contribution in [1.29, 1.82) is 0 Å². The van der Waals surface area contributed by atoms with Crippen molar-refractivity contribution in [2.24, 2.45) is 0 Å². The van der Waals surface area contributed by atoms with Gasteiger partial charge >= 0.3 is 0 Å². The molecule has 1 atom stereocenters. The Morgan fingerprint density at radius 1 is 1.20 bits per heavy atom. The molecule has 1 fully saturated rings. The lowest BCUT2D eigenvalue weighted by Crippen LogP contribution is -2.32. The molecule has 2 N–H and O–H groups in total. The first kappa shape index (κ1) is 19.4. The lowest BCUT2D eigenvalue weighted by molar-refractivity contribution is -0.126. The van der Waals surface area contributed by atoms with Crippen LogP contribution in [0.3, 0.4) is 0 Å². The Kier molecular flexibility index (Phi) is 6.95. The van der Waals surface area contributed by atoms with Gasteiger partial charge in [0.25, 0.3) is 0 Å². The van der Waals surface area contributed by atoms with E-state index in [9.17, 15) is 14.4 Å². The highest BCUT2D eigenvalue weighted by Gasteiger charge is 2.35. The first-order valence-corrected chi connectivity index (χ1v) is 9.39. The topological polar surface area (TPSA) is 78.5 Å². The number of carbonyl (C=O) groups excluding carboxylic acids is 3. The zero-order chi connectivity index (χ0) is 18.4. The lowest BCUT2D eigenvalue weighted by Gasteiger charge is -2.15. The Morgan fingerprint density at radius 3 is 2.32 bits per heavy atom. The average molecular weight is 380 g/mol. The van der Waals surface area contributed by atoms with E-state index in [1.165, 1.54) is 18.7 Å². The van der Waals surface area contributed by atoms with Gasteiger partial charge in [-0.2, -0.15) is 0 Å². The van der Waals surface area contributed by atoms with E-state index in [-0.39, 0.29) is 23.0 Å². The minimum atomic E-state index is -0.144. The molecule has 1 aromatic rings. The number of nitrogens with one attached hydrogen (secondary N) is 2. The van der Waals surface area contributed by atoms with Crippen molar-refractivity contribution in [2.75, 3.05) is 17.2 Å². The Bertz CT molecular complexity index is 676. The summed E-state index contributed by atoms with van der Waals surface area (Å²) in [4.78, 5) is 36.7. The second-order valence-corrected chi connectivity index (χ2v) is 7.52. The highest BCUT2D eigenvalue weighted by Crippen LogP contribution is 2.29. The summed E-state index contributed by atoms with van der Waals surface area (Å²) in [5.74, 6) is -0.217. The van der Waals surface area contributed by atoms with Crippen LogP contribution in [0.1, 0.15) is 33.1 Å². The van der Waals surface area contributed by atoms with Crippen LogP contribution in [0.4, 0.5) is 11.4 Å². The van der Waals surface area contributed by atoms with Gasteiger partial charge in [-0.05, 0) is 37.1 Å². The highest BCUT2D eigenvalue weighted by atomic mass is 32.2. The van der Waals surface area contributed by atoms with Crippen LogP contribution in [0.5, 0.6) is 0 Å². The highest BCUT2D eigenvalue weighted by molar-refractivity contribution is 8.24. The summed E-state index contributed by atoms with van der Waals surface area (Å²) >= 11 is 6.65. The van der Waals surface area contributed by atoms with E-state index in [4.69, 9.17) is 12.2 Å². The summed E-state index contributed by atoms with van der Waals surface area (Å²) in [6, 6.07) is 6.90. The number of hydrogen-bond acceptors (Lipinski definition) is 5. The summed E-state index contributed by atoms with van der Waals surface area (Å²) in [5.41, 5.74) is 1.34. The van der Waals surface area contributed by atoms with Gasteiger partial charge in [-0.25, -0.2) is 0 Å². The number of hydrogen-bond donors (Lipinski definition) is 2. The molecular formula is C17H21N3O3S2. The molecule has 3 amide bonds. The molecule has 1 aromatic carbocycles. The zero-order valence-electron chi connectivity index (χ0n) is 14.2. The summed E-state index contributed by atoms with van der Waals surface area (Å²) in [6.07, 6.45) is 1.62. The normalized spacial score (nSPS) is 16.9. The fourth-order valence-electron chi connectivity index (χ4n) is 2.42. The van der Waals surface area contributed by atoms with E-state index in [0.29, 0.717) is 35.1 Å². The van der Waals surface area contributed by atoms with Crippen LogP contribution in [0, 0.1) is 0 Å². The van der Waals surface area contributed by atoms with Crippen LogP contribution in [-0.4, -0.2) is 38.7 Å². The maximum Gasteiger partial charge on any atom is 0.241 e. The molecule has 0 saturated carbocycles. The Hall–Kier alpha value is -1.93. The fourth-order valence-corrected chi connectivity index (χ4v) is 3.90. The molecule has 2 rings (SSSR count). The summed E-state index contributed by atoms with van der Waals surface area (Å²) in [7, 11) is 0. The van der Waals surface area contributed by atoms with Crippen molar-refractivity contribution in [2.45, 2.75) is 38.4 Å². The van der Waals surface area contributed by atoms with Crippen LogP contribution >= 0.6 is 24.0 Å². The van der Waals surface area contributed by atoms with Gasteiger partial charge < -0.3 is 10.6 Å². The standard InChI is InChI=1S/C17H21N3O3S2/c1-3-14-16(23)20(17(24)25-14)10-4-5-15(22)19-13-8-6-12(7-9-13)18-11(2)21/h6-9,14H,3-5,10H2,1-2H3,(H,18,21)(H,19,22). The third kappa shape index (κ3) is 5.54. The minimum Gasteiger partial charge on any atom is -0.326 e. The fraction of sp³-hybridized carbons (Fsp3) is 0.412. The number of rotatable bonds is 7. The molecule has 0 aliphatic carbocycles. The lowest BCUT2D eigenvalue weighted by atomic mass is 10.2. The van der Waals surface area contributed by atoms with E-state index >= 15 is 0 Å².